The van der Waals surface area contributed by atoms with E-state index in [1.54, 1.807) is 43.5 Å². The molecule has 3 N–H and O–H groups in total. The number of methoxy groups -OCH3 is 2. The molecule has 0 heterocycles. The molecule has 2 rings (SSSR count). The van der Waals surface area contributed by atoms with Gasteiger partial charge in [-0.05, 0) is 51.3 Å². The Labute approximate surface area is 170 Å². The summed E-state index contributed by atoms with van der Waals surface area (Å²) in [5.41, 5.74) is 3.73. The molecule has 28 heavy (non-hydrogen) atoms. The fraction of sp³-hybridized carbons (Fsp3) is 0.211. The number of hydrazone groups is 1. The molecule has 9 heteroatoms. The largest absolute Gasteiger partial charge is 0.503 e. The lowest BCUT2D eigenvalue weighted by atomic mass is 10.1. The standard InChI is InChI=1S/C19H20BrN3O5/c1-27-14-5-3-12(4-6-14)9-17(24)21-11-18(25)23-22-10-13-7-15(20)19(26)16(8-13)28-2/h3-8,10,26H,9,11H2,1-2H3,(H,21,24)(H,23,25). The molecule has 2 aromatic carbocycles. The molecule has 0 saturated carbocycles. The molecule has 0 radical (unpaired) electrons. The highest BCUT2D eigenvalue weighted by atomic mass is 79.9. The SMILES string of the molecule is COc1ccc(CC(=O)NCC(=O)NN=Cc2cc(Br)c(O)c(OC)c2)cc1. The van der Waals surface area contributed by atoms with E-state index < -0.39 is 5.91 Å². The van der Waals surface area contributed by atoms with E-state index in [-0.39, 0.29) is 30.4 Å². The van der Waals surface area contributed by atoms with Crippen LogP contribution in [0.1, 0.15) is 11.1 Å². The van der Waals surface area contributed by atoms with Crippen molar-refractivity contribution in [1.29, 1.82) is 0 Å². The lowest BCUT2D eigenvalue weighted by Gasteiger charge is -2.07. The molecule has 2 aromatic rings. The van der Waals surface area contributed by atoms with Crippen molar-refractivity contribution in [2.75, 3.05) is 20.8 Å². The minimum atomic E-state index is -0.468. The summed E-state index contributed by atoms with van der Waals surface area (Å²) in [7, 11) is 3.00. The molecule has 2 amide bonds. The predicted octanol–water partition coefficient (Wildman–Crippen LogP) is 1.98. The average molecular weight is 450 g/mol. The van der Waals surface area contributed by atoms with Crippen LogP contribution >= 0.6 is 15.9 Å². The Morgan fingerprint density at radius 2 is 1.86 bits per heavy atom. The van der Waals surface area contributed by atoms with Crippen molar-refractivity contribution in [3.8, 4) is 17.2 Å². The number of rotatable bonds is 8. The van der Waals surface area contributed by atoms with Crippen LogP contribution in [0.2, 0.25) is 0 Å². The van der Waals surface area contributed by atoms with Gasteiger partial charge in [0.2, 0.25) is 5.91 Å². The minimum absolute atomic E-state index is 0.0248. The van der Waals surface area contributed by atoms with E-state index in [0.29, 0.717) is 15.8 Å². The minimum Gasteiger partial charge on any atom is -0.503 e. The highest BCUT2D eigenvalue weighted by molar-refractivity contribution is 9.10. The molecule has 148 valence electrons. The van der Waals surface area contributed by atoms with Crippen LogP contribution in [-0.4, -0.2) is 43.9 Å². The summed E-state index contributed by atoms with van der Waals surface area (Å²) < 4.78 is 10.5. The number of nitrogens with one attached hydrogen (secondary N) is 2. The van der Waals surface area contributed by atoms with Crippen LogP contribution in [-0.2, 0) is 16.0 Å². The lowest BCUT2D eigenvalue weighted by Crippen LogP contribution is -2.35. The van der Waals surface area contributed by atoms with E-state index in [9.17, 15) is 14.7 Å². The van der Waals surface area contributed by atoms with Crippen molar-refractivity contribution < 1.29 is 24.2 Å². The van der Waals surface area contributed by atoms with Gasteiger partial charge in [0.15, 0.2) is 11.5 Å². The summed E-state index contributed by atoms with van der Waals surface area (Å²) in [6.07, 6.45) is 1.55. The van der Waals surface area contributed by atoms with Crippen LogP contribution in [0, 0.1) is 0 Å². The number of nitrogens with zero attached hydrogens (tertiary/aromatic N) is 1. The molecule has 0 aliphatic heterocycles. The summed E-state index contributed by atoms with van der Waals surface area (Å²) in [4.78, 5) is 23.7. The number of aromatic hydroxyl groups is 1. The van der Waals surface area contributed by atoms with Gasteiger partial charge >= 0.3 is 0 Å². The predicted molar refractivity (Wildman–Crippen MR) is 108 cm³/mol. The van der Waals surface area contributed by atoms with Gasteiger partial charge in [0.05, 0.1) is 37.9 Å². The normalized spacial score (nSPS) is 10.5. The number of carbonyl (C=O) groups excluding carboxylic acids is 2. The van der Waals surface area contributed by atoms with Crippen LogP contribution in [0.3, 0.4) is 0 Å². The average Bonchev–Trinajstić information content (AvgIpc) is 2.69. The summed E-state index contributed by atoms with van der Waals surface area (Å²) in [5, 5.41) is 16.1. The van der Waals surface area contributed by atoms with E-state index in [4.69, 9.17) is 9.47 Å². The molecule has 0 fully saturated rings. The maximum atomic E-state index is 11.9. The molecule has 0 bridgehead atoms. The summed E-state index contributed by atoms with van der Waals surface area (Å²) in [6.45, 7) is -0.199. The van der Waals surface area contributed by atoms with Crippen molar-refractivity contribution in [2.24, 2.45) is 5.10 Å². The second kappa shape index (κ2) is 10.3. The lowest BCUT2D eigenvalue weighted by molar-refractivity contribution is -0.125. The van der Waals surface area contributed by atoms with E-state index >= 15 is 0 Å². The number of halogens is 1. The first-order chi connectivity index (χ1) is 13.4. The van der Waals surface area contributed by atoms with Crippen LogP contribution in [0.25, 0.3) is 0 Å². The Morgan fingerprint density at radius 3 is 2.50 bits per heavy atom. The topological polar surface area (TPSA) is 109 Å². The van der Waals surface area contributed by atoms with Crippen LogP contribution in [0.4, 0.5) is 0 Å². The van der Waals surface area contributed by atoms with Gasteiger partial charge < -0.3 is 19.9 Å². The van der Waals surface area contributed by atoms with Gasteiger partial charge in [-0.3, -0.25) is 9.59 Å². The van der Waals surface area contributed by atoms with E-state index in [1.807, 2.05) is 0 Å². The molecule has 0 saturated heterocycles. The number of carbonyl (C=O) groups is 2. The second-order valence-electron chi connectivity index (χ2n) is 5.65. The molecule has 8 nitrogen and oxygen atoms in total. The van der Waals surface area contributed by atoms with Gasteiger partial charge in [-0.25, -0.2) is 5.43 Å². The second-order valence-corrected chi connectivity index (χ2v) is 6.50. The fourth-order valence-electron chi connectivity index (χ4n) is 2.21. The Kier molecular flexibility index (Phi) is 7.82. The number of amides is 2. The number of hydrogen-bond acceptors (Lipinski definition) is 6. The zero-order chi connectivity index (χ0) is 20.5. The van der Waals surface area contributed by atoms with Crippen molar-refractivity contribution in [2.45, 2.75) is 6.42 Å². The first-order valence-electron chi connectivity index (χ1n) is 8.21. The summed E-state index contributed by atoms with van der Waals surface area (Å²) in [5.74, 6) is 0.205. The van der Waals surface area contributed by atoms with Gasteiger partial charge in [-0.2, -0.15) is 5.10 Å². The summed E-state index contributed by atoms with van der Waals surface area (Å²) in [6, 6.07) is 10.3. The van der Waals surface area contributed by atoms with Gasteiger partial charge in [-0.1, -0.05) is 12.1 Å². The first kappa shape index (κ1) is 21.2. The number of phenols is 1. The molecule has 0 aliphatic rings. The van der Waals surface area contributed by atoms with Crippen molar-refractivity contribution in [3.63, 3.8) is 0 Å². The molecular formula is C19H20BrN3O5. The van der Waals surface area contributed by atoms with Gasteiger partial charge in [-0.15, -0.1) is 0 Å². The highest BCUT2D eigenvalue weighted by Crippen LogP contribution is 2.34. The highest BCUT2D eigenvalue weighted by Gasteiger charge is 2.08. The smallest absolute Gasteiger partial charge is 0.259 e. The molecule has 0 aliphatic carbocycles. The molecule has 0 spiro atoms. The molecule has 0 unspecified atom stereocenters. The maximum absolute atomic E-state index is 11.9. The number of ether oxygens (including phenoxy) is 2. The monoisotopic (exact) mass is 449 g/mol. The van der Waals surface area contributed by atoms with E-state index in [0.717, 1.165) is 5.56 Å². The van der Waals surface area contributed by atoms with E-state index in [2.05, 4.69) is 31.8 Å². The Balaban J connectivity index is 1.79. The van der Waals surface area contributed by atoms with Crippen LogP contribution in [0.15, 0.2) is 46.0 Å². The zero-order valence-corrected chi connectivity index (χ0v) is 16.9. The first-order valence-corrected chi connectivity index (χ1v) is 9.00. The van der Waals surface area contributed by atoms with E-state index in [1.165, 1.54) is 13.3 Å². The third-order valence-electron chi connectivity index (χ3n) is 3.64. The van der Waals surface area contributed by atoms with Gasteiger partial charge in [0.25, 0.3) is 5.91 Å². The third kappa shape index (κ3) is 6.27. The van der Waals surface area contributed by atoms with Crippen LogP contribution < -0.4 is 20.2 Å². The number of hydrogen-bond donors (Lipinski definition) is 3. The maximum Gasteiger partial charge on any atom is 0.259 e. The fourth-order valence-corrected chi connectivity index (χ4v) is 2.67. The summed E-state index contributed by atoms with van der Waals surface area (Å²) >= 11 is 3.20. The Bertz CT molecular complexity index is 869. The quantitative estimate of drug-likeness (QED) is 0.421. The van der Waals surface area contributed by atoms with Gasteiger partial charge in [0, 0.05) is 0 Å². The van der Waals surface area contributed by atoms with Gasteiger partial charge in [0.1, 0.15) is 5.75 Å². The van der Waals surface area contributed by atoms with Crippen molar-refractivity contribution in [3.05, 3.63) is 52.0 Å². The number of benzene rings is 2. The number of phenolic OH excluding ortho intramolecular Hbond substituents is 1. The molecule has 0 atom stereocenters. The third-order valence-corrected chi connectivity index (χ3v) is 4.25. The zero-order valence-electron chi connectivity index (χ0n) is 15.4. The van der Waals surface area contributed by atoms with Crippen molar-refractivity contribution >= 4 is 34.0 Å². The Hall–Kier alpha value is -3.07. The molecular weight excluding hydrogens is 430 g/mol. The van der Waals surface area contributed by atoms with Crippen LogP contribution in [0.5, 0.6) is 17.2 Å². The van der Waals surface area contributed by atoms with Crippen molar-refractivity contribution in [1.82, 2.24) is 10.7 Å². The molecule has 0 aromatic heterocycles. The Morgan fingerprint density at radius 1 is 1.14 bits per heavy atom.